The Morgan fingerprint density at radius 1 is 1.32 bits per heavy atom. The molecule has 2 heterocycles. The lowest BCUT2D eigenvalue weighted by atomic mass is 10.1. The molecule has 0 aromatic heterocycles. The molecule has 2 aliphatic rings. The third-order valence-corrected chi connectivity index (χ3v) is 4.80. The van der Waals surface area contributed by atoms with Crippen LogP contribution in [-0.4, -0.2) is 56.6 Å². The van der Waals surface area contributed by atoms with Gasteiger partial charge in [-0.15, -0.1) is 0 Å². The smallest absolute Gasteiger partial charge is 0.338 e. The zero-order chi connectivity index (χ0) is 20.1. The number of hydrogen-bond donors (Lipinski definition) is 2. The van der Waals surface area contributed by atoms with E-state index >= 15 is 0 Å². The second-order valence-corrected chi connectivity index (χ2v) is 6.68. The second-order valence-electron chi connectivity index (χ2n) is 6.68. The highest BCUT2D eigenvalue weighted by molar-refractivity contribution is 6.05. The summed E-state index contributed by atoms with van der Waals surface area (Å²) < 4.78 is 9.53. The lowest BCUT2D eigenvalue weighted by molar-refractivity contribution is -0.140. The Kier molecular flexibility index (Phi) is 6.13. The average molecular weight is 389 g/mol. The number of hydrogen-bond acceptors (Lipinski definition) is 7. The molecule has 1 aromatic carbocycles. The van der Waals surface area contributed by atoms with E-state index in [9.17, 15) is 19.2 Å². The monoisotopic (exact) mass is 389 g/mol. The van der Waals surface area contributed by atoms with E-state index in [1.54, 1.807) is 18.2 Å². The molecule has 0 spiro atoms. The standard InChI is InChI=1S/C19H23N3O6/c1-27-17(24)5-2-8-20-16(23)11-28-19(26)12-6-7-14-13(10-12)21-18(25)15-4-3-9-22(14)15/h6-7,10,15H,2-5,8-9,11H2,1H3,(H,20,23)(H,21,25)/t15-/m0/s1. The molecule has 0 aliphatic carbocycles. The van der Waals surface area contributed by atoms with Crippen LogP contribution in [0.2, 0.25) is 0 Å². The fraction of sp³-hybridized carbons (Fsp3) is 0.474. The highest BCUT2D eigenvalue weighted by Gasteiger charge is 2.36. The molecule has 0 bridgehead atoms. The van der Waals surface area contributed by atoms with E-state index in [1.165, 1.54) is 7.11 Å². The van der Waals surface area contributed by atoms with Gasteiger partial charge in [0.1, 0.15) is 6.04 Å². The summed E-state index contributed by atoms with van der Waals surface area (Å²) in [5.41, 5.74) is 1.72. The molecular weight excluding hydrogens is 366 g/mol. The van der Waals surface area contributed by atoms with E-state index in [2.05, 4.69) is 15.4 Å². The van der Waals surface area contributed by atoms with Gasteiger partial charge in [0.15, 0.2) is 6.61 Å². The Bertz CT molecular complexity index is 794. The maximum Gasteiger partial charge on any atom is 0.338 e. The zero-order valence-corrected chi connectivity index (χ0v) is 15.7. The molecule has 150 valence electrons. The van der Waals surface area contributed by atoms with Crippen LogP contribution in [0.1, 0.15) is 36.0 Å². The molecule has 1 fully saturated rings. The number of carbonyl (C=O) groups is 4. The topological polar surface area (TPSA) is 114 Å². The molecule has 2 N–H and O–H groups in total. The van der Waals surface area contributed by atoms with Gasteiger partial charge in [-0.05, 0) is 37.5 Å². The first kappa shape index (κ1) is 19.7. The predicted octanol–water partition coefficient (Wildman–Crippen LogP) is 0.834. The maximum atomic E-state index is 12.2. The summed E-state index contributed by atoms with van der Waals surface area (Å²) >= 11 is 0. The van der Waals surface area contributed by atoms with Gasteiger partial charge in [0.2, 0.25) is 5.91 Å². The van der Waals surface area contributed by atoms with Crippen molar-refractivity contribution in [2.75, 3.05) is 37.0 Å². The summed E-state index contributed by atoms with van der Waals surface area (Å²) in [7, 11) is 1.30. The first-order chi connectivity index (χ1) is 13.5. The molecule has 9 nitrogen and oxygen atoms in total. The van der Waals surface area contributed by atoms with E-state index in [0.29, 0.717) is 12.1 Å². The van der Waals surface area contributed by atoms with Crippen LogP contribution in [0.3, 0.4) is 0 Å². The van der Waals surface area contributed by atoms with Gasteiger partial charge < -0.3 is 25.0 Å². The summed E-state index contributed by atoms with van der Waals surface area (Å²) in [5.74, 6) is -1.52. The number of carbonyl (C=O) groups excluding carboxylic acids is 4. The van der Waals surface area contributed by atoms with Gasteiger partial charge in [-0.25, -0.2) is 4.79 Å². The Balaban J connectivity index is 1.50. The molecule has 2 aliphatic heterocycles. The minimum atomic E-state index is -0.648. The molecule has 1 aromatic rings. The Hall–Kier alpha value is -3.10. The predicted molar refractivity (Wildman–Crippen MR) is 100.0 cm³/mol. The molecule has 9 heteroatoms. The fourth-order valence-corrected chi connectivity index (χ4v) is 3.39. The number of nitrogens with one attached hydrogen (secondary N) is 2. The summed E-state index contributed by atoms with van der Waals surface area (Å²) in [4.78, 5) is 49.1. The maximum absolute atomic E-state index is 12.2. The second kappa shape index (κ2) is 8.73. The largest absolute Gasteiger partial charge is 0.469 e. The number of nitrogens with zero attached hydrogens (tertiary/aromatic N) is 1. The molecule has 0 radical (unpaired) electrons. The van der Waals surface area contributed by atoms with Gasteiger partial charge >= 0.3 is 11.9 Å². The van der Waals surface area contributed by atoms with Crippen molar-refractivity contribution in [1.29, 1.82) is 0 Å². The van der Waals surface area contributed by atoms with Gasteiger partial charge in [-0.1, -0.05) is 0 Å². The highest BCUT2D eigenvalue weighted by Crippen LogP contribution is 2.37. The van der Waals surface area contributed by atoms with Crippen LogP contribution >= 0.6 is 0 Å². The van der Waals surface area contributed by atoms with Crippen molar-refractivity contribution in [1.82, 2.24) is 5.32 Å². The molecule has 1 atom stereocenters. The normalized spacial score (nSPS) is 17.2. The number of methoxy groups -OCH3 is 1. The minimum Gasteiger partial charge on any atom is -0.469 e. The van der Waals surface area contributed by atoms with Crippen molar-refractivity contribution in [3.8, 4) is 0 Å². The van der Waals surface area contributed by atoms with Crippen molar-refractivity contribution in [2.24, 2.45) is 0 Å². The third-order valence-electron chi connectivity index (χ3n) is 4.80. The summed E-state index contributed by atoms with van der Waals surface area (Å²) in [6, 6.07) is 4.84. The zero-order valence-electron chi connectivity index (χ0n) is 15.7. The molecule has 2 amide bonds. The van der Waals surface area contributed by atoms with E-state index < -0.39 is 18.5 Å². The lowest BCUT2D eigenvalue weighted by Gasteiger charge is -2.33. The number of esters is 2. The third kappa shape index (κ3) is 4.41. The van der Waals surface area contributed by atoms with Crippen LogP contribution in [0.4, 0.5) is 11.4 Å². The first-order valence-electron chi connectivity index (χ1n) is 9.22. The molecule has 0 saturated carbocycles. The van der Waals surface area contributed by atoms with Crippen LogP contribution in [0.15, 0.2) is 18.2 Å². The van der Waals surface area contributed by atoms with Crippen molar-refractivity contribution in [3.05, 3.63) is 23.8 Å². The molecular formula is C19H23N3O6. The van der Waals surface area contributed by atoms with Gasteiger partial charge in [-0.3, -0.25) is 14.4 Å². The van der Waals surface area contributed by atoms with E-state index in [1.807, 2.05) is 4.90 Å². The first-order valence-corrected chi connectivity index (χ1v) is 9.22. The van der Waals surface area contributed by atoms with Crippen LogP contribution in [0, 0.1) is 0 Å². The highest BCUT2D eigenvalue weighted by atomic mass is 16.5. The summed E-state index contributed by atoms with van der Waals surface area (Å²) in [5, 5.41) is 5.40. The number of anilines is 2. The molecule has 1 saturated heterocycles. The van der Waals surface area contributed by atoms with Crippen LogP contribution in [-0.2, 0) is 23.9 Å². The number of amides is 2. The van der Waals surface area contributed by atoms with Crippen LogP contribution < -0.4 is 15.5 Å². The average Bonchev–Trinajstić information content (AvgIpc) is 3.19. The van der Waals surface area contributed by atoms with Crippen molar-refractivity contribution >= 4 is 35.1 Å². The van der Waals surface area contributed by atoms with E-state index in [4.69, 9.17) is 4.74 Å². The minimum absolute atomic E-state index is 0.0677. The van der Waals surface area contributed by atoms with Gasteiger partial charge in [0.05, 0.1) is 24.0 Å². The number of benzene rings is 1. The molecule has 3 rings (SSSR count). The quantitative estimate of drug-likeness (QED) is 0.524. The SMILES string of the molecule is COC(=O)CCCNC(=O)COC(=O)c1ccc2c(c1)NC(=O)[C@@H]1CCCN21. The molecule has 28 heavy (non-hydrogen) atoms. The van der Waals surface area contributed by atoms with Crippen molar-refractivity contribution < 1.29 is 28.7 Å². The van der Waals surface area contributed by atoms with Crippen LogP contribution in [0.5, 0.6) is 0 Å². The Labute approximate surface area is 162 Å². The fourth-order valence-electron chi connectivity index (χ4n) is 3.39. The van der Waals surface area contributed by atoms with Crippen molar-refractivity contribution in [3.63, 3.8) is 0 Å². The Morgan fingerprint density at radius 3 is 2.93 bits per heavy atom. The van der Waals surface area contributed by atoms with Gasteiger partial charge in [0.25, 0.3) is 5.91 Å². The molecule has 0 unspecified atom stereocenters. The van der Waals surface area contributed by atoms with Gasteiger partial charge in [-0.2, -0.15) is 0 Å². The summed E-state index contributed by atoms with van der Waals surface area (Å²) in [6.45, 7) is 0.674. The summed E-state index contributed by atoms with van der Waals surface area (Å²) in [6.07, 6.45) is 2.42. The van der Waals surface area contributed by atoms with Crippen LogP contribution in [0.25, 0.3) is 0 Å². The van der Waals surface area contributed by atoms with Gasteiger partial charge in [0, 0.05) is 19.5 Å². The number of rotatable bonds is 7. The lowest BCUT2D eigenvalue weighted by Crippen LogP contribution is -2.43. The van der Waals surface area contributed by atoms with E-state index in [0.717, 1.165) is 25.1 Å². The number of fused-ring (bicyclic) bond motifs is 3. The number of ether oxygens (including phenoxy) is 2. The van der Waals surface area contributed by atoms with Crippen molar-refractivity contribution in [2.45, 2.75) is 31.7 Å². The van der Waals surface area contributed by atoms with E-state index in [-0.39, 0.29) is 36.4 Å². The Morgan fingerprint density at radius 2 is 2.14 bits per heavy atom.